The third-order valence-electron chi connectivity index (χ3n) is 4.09. The maximum atomic E-state index is 14.0. The van der Waals surface area contributed by atoms with Gasteiger partial charge in [-0.3, -0.25) is 9.59 Å². The predicted molar refractivity (Wildman–Crippen MR) is 80.5 cm³/mol. The van der Waals surface area contributed by atoms with Gasteiger partial charge in [-0.15, -0.1) is 0 Å². The molecule has 0 aliphatic carbocycles. The SMILES string of the molecule is COC(=O)CCCC(=O)N1C[C@H](C)C[C@@H]1c1ccccc1F. The Hall–Kier alpha value is -1.91. The molecule has 1 fully saturated rings. The number of nitrogens with zero attached hydrogens (tertiary/aromatic N) is 1. The third kappa shape index (κ3) is 3.84. The van der Waals surface area contributed by atoms with Gasteiger partial charge >= 0.3 is 5.97 Å². The number of carbonyl (C=O) groups excluding carboxylic acids is 2. The summed E-state index contributed by atoms with van der Waals surface area (Å²) in [6, 6.07) is 6.41. The van der Waals surface area contributed by atoms with Gasteiger partial charge in [-0.25, -0.2) is 4.39 Å². The molecule has 1 amide bonds. The second-order valence-corrected chi connectivity index (χ2v) is 5.85. The summed E-state index contributed by atoms with van der Waals surface area (Å²) in [6.07, 6.45) is 1.74. The van der Waals surface area contributed by atoms with E-state index in [4.69, 9.17) is 0 Å². The maximum absolute atomic E-state index is 14.0. The first kappa shape index (κ1) is 16.5. The lowest BCUT2D eigenvalue weighted by Crippen LogP contribution is -2.31. The van der Waals surface area contributed by atoms with Gasteiger partial charge in [0.2, 0.25) is 5.91 Å². The summed E-state index contributed by atoms with van der Waals surface area (Å²) in [6.45, 7) is 2.70. The van der Waals surface area contributed by atoms with Gasteiger partial charge in [0.15, 0.2) is 0 Å². The monoisotopic (exact) mass is 307 g/mol. The molecule has 120 valence electrons. The molecule has 0 unspecified atom stereocenters. The largest absolute Gasteiger partial charge is 0.469 e. The minimum Gasteiger partial charge on any atom is -0.469 e. The third-order valence-corrected chi connectivity index (χ3v) is 4.09. The van der Waals surface area contributed by atoms with Crippen molar-refractivity contribution >= 4 is 11.9 Å². The number of carbonyl (C=O) groups is 2. The van der Waals surface area contributed by atoms with Crippen LogP contribution in [-0.2, 0) is 14.3 Å². The summed E-state index contributed by atoms with van der Waals surface area (Å²) in [4.78, 5) is 25.3. The average Bonchev–Trinajstić information content (AvgIpc) is 2.89. The molecule has 1 aliphatic rings. The summed E-state index contributed by atoms with van der Waals surface area (Å²) >= 11 is 0. The van der Waals surface area contributed by atoms with E-state index in [9.17, 15) is 14.0 Å². The predicted octanol–water partition coefficient (Wildman–Crippen LogP) is 3.08. The van der Waals surface area contributed by atoms with Crippen LogP contribution in [0.4, 0.5) is 4.39 Å². The molecule has 0 aromatic heterocycles. The van der Waals surface area contributed by atoms with Crippen LogP contribution in [0.5, 0.6) is 0 Å². The molecule has 4 nitrogen and oxygen atoms in total. The summed E-state index contributed by atoms with van der Waals surface area (Å²) in [5.74, 6) is -0.266. The number of methoxy groups -OCH3 is 1. The van der Waals surface area contributed by atoms with E-state index in [1.807, 2.05) is 0 Å². The molecule has 0 radical (unpaired) electrons. The van der Waals surface area contributed by atoms with Gasteiger partial charge in [0.1, 0.15) is 5.82 Å². The smallest absolute Gasteiger partial charge is 0.305 e. The van der Waals surface area contributed by atoms with Crippen molar-refractivity contribution in [2.75, 3.05) is 13.7 Å². The topological polar surface area (TPSA) is 46.6 Å². The highest BCUT2D eigenvalue weighted by atomic mass is 19.1. The van der Waals surface area contributed by atoms with Crippen LogP contribution in [0.1, 0.15) is 44.2 Å². The number of rotatable bonds is 5. The molecule has 0 N–H and O–H groups in total. The van der Waals surface area contributed by atoms with Crippen LogP contribution < -0.4 is 0 Å². The molecule has 1 aliphatic heterocycles. The van der Waals surface area contributed by atoms with Crippen molar-refractivity contribution in [2.24, 2.45) is 5.92 Å². The van der Waals surface area contributed by atoms with Gasteiger partial charge in [0.05, 0.1) is 13.2 Å². The minimum atomic E-state index is -0.312. The number of benzene rings is 1. The van der Waals surface area contributed by atoms with Crippen molar-refractivity contribution < 1.29 is 18.7 Å². The van der Waals surface area contributed by atoms with Crippen molar-refractivity contribution in [3.8, 4) is 0 Å². The number of hydrogen-bond donors (Lipinski definition) is 0. The van der Waals surface area contributed by atoms with Crippen LogP contribution in [0.15, 0.2) is 24.3 Å². The van der Waals surface area contributed by atoms with Crippen LogP contribution in [-0.4, -0.2) is 30.4 Å². The molecular weight excluding hydrogens is 285 g/mol. The second kappa shape index (κ2) is 7.38. The molecular formula is C17H22FNO3. The molecule has 22 heavy (non-hydrogen) atoms. The van der Waals surface area contributed by atoms with Crippen LogP contribution in [0, 0.1) is 11.7 Å². The Bertz CT molecular complexity index is 546. The first-order valence-corrected chi connectivity index (χ1v) is 7.63. The highest BCUT2D eigenvalue weighted by Crippen LogP contribution is 2.36. The summed E-state index contributed by atoms with van der Waals surface area (Å²) in [5.41, 5.74) is 0.577. The molecule has 5 heteroatoms. The molecule has 2 atom stereocenters. The fourth-order valence-corrected chi connectivity index (χ4v) is 2.99. The van der Waals surface area contributed by atoms with Crippen LogP contribution in [0.25, 0.3) is 0 Å². The molecule has 0 saturated carbocycles. The highest BCUT2D eigenvalue weighted by Gasteiger charge is 2.34. The van der Waals surface area contributed by atoms with Gasteiger partial charge < -0.3 is 9.64 Å². The zero-order valence-corrected chi connectivity index (χ0v) is 13.0. The lowest BCUT2D eigenvalue weighted by molar-refractivity contribution is -0.141. The number of likely N-dealkylation sites (tertiary alicyclic amines) is 1. The van der Waals surface area contributed by atoms with Crippen molar-refractivity contribution in [3.63, 3.8) is 0 Å². The van der Waals surface area contributed by atoms with E-state index in [-0.39, 0.29) is 36.6 Å². The number of ether oxygens (including phenoxy) is 1. The zero-order chi connectivity index (χ0) is 16.1. The lowest BCUT2D eigenvalue weighted by Gasteiger charge is -2.25. The van der Waals surface area contributed by atoms with Crippen molar-refractivity contribution in [2.45, 2.75) is 38.6 Å². The van der Waals surface area contributed by atoms with E-state index in [2.05, 4.69) is 11.7 Å². The molecule has 1 heterocycles. The fraction of sp³-hybridized carbons (Fsp3) is 0.529. The number of halogens is 1. The summed E-state index contributed by atoms with van der Waals surface area (Å²) in [5, 5.41) is 0. The van der Waals surface area contributed by atoms with E-state index in [1.54, 1.807) is 23.1 Å². The molecule has 1 aromatic rings. The Morgan fingerprint density at radius 1 is 1.32 bits per heavy atom. The van der Waals surface area contributed by atoms with Crippen LogP contribution >= 0.6 is 0 Å². The van der Waals surface area contributed by atoms with Crippen LogP contribution in [0.2, 0.25) is 0 Å². The number of amides is 1. The summed E-state index contributed by atoms with van der Waals surface area (Å²) in [7, 11) is 1.33. The van der Waals surface area contributed by atoms with Crippen LogP contribution in [0.3, 0.4) is 0 Å². The summed E-state index contributed by atoms with van der Waals surface area (Å²) < 4.78 is 18.6. The molecule has 2 rings (SSSR count). The van der Waals surface area contributed by atoms with Gasteiger partial charge in [-0.05, 0) is 24.8 Å². The number of esters is 1. The first-order valence-electron chi connectivity index (χ1n) is 7.63. The van der Waals surface area contributed by atoms with Crippen molar-refractivity contribution in [1.82, 2.24) is 4.90 Å². The Labute approximate surface area is 130 Å². The standard InChI is InChI=1S/C17H22FNO3/c1-12-10-15(13-6-3-4-7-14(13)18)19(11-12)16(20)8-5-9-17(21)22-2/h3-4,6-7,12,15H,5,8-11H2,1-2H3/t12-,15-/m1/s1. The normalized spacial score (nSPS) is 21.0. The Morgan fingerprint density at radius 2 is 2.05 bits per heavy atom. The van der Waals surface area contributed by atoms with E-state index in [0.717, 1.165) is 6.42 Å². The average molecular weight is 307 g/mol. The zero-order valence-electron chi connectivity index (χ0n) is 13.0. The molecule has 0 spiro atoms. The molecule has 0 bridgehead atoms. The Morgan fingerprint density at radius 3 is 2.73 bits per heavy atom. The van der Waals surface area contributed by atoms with E-state index in [1.165, 1.54) is 13.2 Å². The van der Waals surface area contributed by atoms with Gasteiger partial charge in [0.25, 0.3) is 0 Å². The van der Waals surface area contributed by atoms with E-state index in [0.29, 0.717) is 24.4 Å². The van der Waals surface area contributed by atoms with E-state index >= 15 is 0 Å². The second-order valence-electron chi connectivity index (χ2n) is 5.85. The lowest BCUT2D eigenvalue weighted by atomic mass is 10.0. The fourth-order valence-electron chi connectivity index (χ4n) is 2.99. The Kier molecular flexibility index (Phi) is 5.52. The highest BCUT2D eigenvalue weighted by molar-refractivity contribution is 5.78. The Balaban J connectivity index is 2.03. The maximum Gasteiger partial charge on any atom is 0.305 e. The van der Waals surface area contributed by atoms with Gasteiger partial charge in [0, 0.05) is 24.9 Å². The first-order chi connectivity index (χ1) is 10.5. The molecule has 1 saturated heterocycles. The number of hydrogen-bond acceptors (Lipinski definition) is 3. The minimum absolute atomic E-state index is 0.0264. The van der Waals surface area contributed by atoms with E-state index < -0.39 is 0 Å². The van der Waals surface area contributed by atoms with Gasteiger partial charge in [-0.2, -0.15) is 0 Å². The van der Waals surface area contributed by atoms with Gasteiger partial charge in [-0.1, -0.05) is 25.1 Å². The quantitative estimate of drug-likeness (QED) is 0.785. The molecule has 1 aromatic carbocycles. The van der Waals surface area contributed by atoms with Crippen molar-refractivity contribution in [1.29, 1.82) is 0 Å². The van der Waals surface area contributed by atoms with Crippen molar-refractivity contribution in [3.05, 3.63) is 35.6 Å².